The van der Waals surface area contributed by atoms with E-state index in [1.807, 2.05) is 24.3 Å². The number of piperazine rings is 1. The number of ether oxygens (including phenoxy) is 1. The zero-order chi connectivity index (χ0) is 21.1. The summed E-state index contributed by atoms with van der Waals surface area (Å²) in [5.74, 6) is 0.788. The largest absolute Gasteiger partial charge is 0.496 e. The van der Waals surface area contributed by atoms with E-state index < -0.39 is 10.0 Å². The Labute approximate surface area is 179 Å². The molecular weight excluding hydrogens is 424 g/mol. The average Bonchev–Trinajstić information content (AvgIpc) is 3.26. The van der Waals surface area contributed by atoms with Crippen molar-refractivity contribution in [1.29, 1.82) is 0 Å². The van der Waals surface area contributed by atoms with Crippen molar-refractivity contribution >= 4 is 38.7 Å². The van der Waals surface area contributed by atoms with E-state index in [1.165, 1.54) is 4.31 Å². The van der Waals surface area contributed by atoms with Crippen LogP contribution in [0.25, 0.3) is 11.0 Å². The first-order chi connectivity index (χ1) is 14.5. The highest BCUT2D eigenvalue weighted by molar-refractivity contribution is 7.89. The molecule has 1 aromatic heterocycles. The molecule has 0 N–H and O–H groups in total. The minimum absolute atomic E-state index is 0.0174. The Hall–Kier alpha value is -2.56. The molecule has 0 aliphatic carbocycles. The van der Waals surface area contributed by atoms with Gasteiger partial charge in [0.15, 0.2) is 0 Å². The average molecular weight is 447 g/mol. The number of nitrogens with zero attached hydrogens (tertiary/aromatic N) is 4. The van der Waals surface area contributed by atoms with E-state index in [0.29, 0.717) is 37.0 Å². The van der Waals surface area contributed by atoms with Crippen molar-refractivity contribution in [1.82, 2.24) is 18.0 Å². The Morgan fingerprint density at radius 2 is 1.83 bits per heavy atom. The zero-order valence-electron chi connectivity index (χ0n) is 16.5. The number of hydrogen-bond donors (Lipinski definition) is 0. The number of amides is 1. The first-order valence-corrected chi connectivity index (χ1v) is 11.8. The molecule has 1 saturated heterocycles. The molecule has 10 heteroatoms. The second-order valence-electron chi connectivity index (χ2n) is 6.98. The third-order valence-corrected chi connectivity index (χ3v) is 7.73. The van der Waals surface area contributed by atoms with Crippen molar-refractivity contribution in [3.8, 4) is 5.75 Å². The predicted octanol–water partition coefficient (Wildman–Crippen LogP) is 2.17. The van der Waals surface area contributed by atoms with Gasteiger partial charge in [0, 0.05) is 32.6 Å². The maximum atomic E-state index is 13.1. The van der Waals surface area contributed by atoms with Gasteiger partial charge in [-0.05, 0) is 30.2 Å². The zero-order valence-corrected chi connectivity index (χ0v) is 18.2. The molecular formula is C20H22N4O4S2. The van der Waals surface area contributed by atoms with Crippen LogP contribution in [0.1, 0.15) is 12.0 Å². The highest BCUT2D eigenvalue weighted by Crippen LogP contribution is 2.25. The van der Waals surface area contributed by atoms with Crippen molar-refractivity contribution in [2.45, 2.75) is 17.7 Å². The summed E-state index contributed by atoms with van der Waals surface area (Å²) in [6, 6.07) is 12.6. The summed E-state index contributed by atoms with van der Waals surface area (Å²) in [4.78, 5) is 14.5. The van der Waals surface area contributed by atoms with Crippen molar-refractivity contribution < 1.29 is 17.9 Å². The van der Waals surface area contributed by atoms with Gasteiger partial charge in [0.1, 0.15) is 21.7 Å². The van der Waals surface area contributed by atoms with Crippen LogP contribution in [0.4, 0.5) is 0 Å². The summed E-state index contributed by atoms with van der Waals surface area (Å²) < 4.78 is 41.2. The normalized spacial score (nSPS) is 15.4. The lowest BCUT2D eigenvalue weighted by atomic mass is 10.1. The van der Waals surface area contributed by atoms with Crippen LogP contribution >= 0.6 is 11.7 Å². The number of sulfonamides is 1. The maximum absolute atomic E-state index is 13.1. The van der Waals surface area contributed by atoms with Crippen LogP contribution in [0.3, 0.4) is 0 Å². The Bertz CT molecular complexity index is 1150. The number of rotatable bonds is 6. The molecule has 1 aliphatic heterocycles. The summed E-state index contributed by atoms with van der Waals surface area (Å²) in [6.45, 7) is 1.26. The molecule has 0 saturated carbocycles. The number of aromatic nitrogens is 2. The van der Waals surface area contributed by atoms with E-state index in [0.717, 1.165) is 23.0 Å². The smallest absolute Gasteiger partial charge is 0.245 e. The Balaban J connectivity index is 1.38. The molecule has 0 unspecified atom stereocenters. The van der Waals surface area contributed by atoms with Gasteiger partial charge in [0.2, 0.25) is 15.9 Å². The topological polar surface area (TPSA) is 92.7 Å². The second kappa shape index (κ2) is 8.66. The van der Waals surface area contributed by atoms with Gasteiger partial charge in [-0.25, -0.2) is 8.42 Å². The van der Waals surface area contributed by atoms with Crippen molar-refractivity contribution in [3.05, 3.63) is 48.0 Å². The van der Waals surface area contributed by atoms with Gasteiger partial charge >= 0.3 is 0 Å². The summed E-state index contributed by atoms with van der Waals surface area (Å²) in [5, 5.41) is 0. The number of carbonyl (C=O) groups excluding carboxylic acids is 1. The highest BCUT2D eigenvalue weighted by atomic mass is 32.2. The van der Waals surface area contributed by atoms with Gasteiger partial charge in [-0.2, -0.15) is 13.1 Å². The molecule has 3 aromatic rings. The molecule has 0 spiro atoms. The fourth-order valence-corrected chi connectivity index (χ4v) is 5.79. The first kappa shape index (κ1) is 20.7. The van der Waals surface area contributed by atoms with Crippen molar-refractivity contribution in [3.63, 3.8) is 0 Å². The van der Waals surface area contributed by atoms with E-state index in [9.17, 15) is 13.2 Å². The number of carbonyl (C=O) groups is 1. The minimum atomic E-state index is -3.69. The van der Waals surface area contributed by atoms with Crippen LogP contribution in [0, 0.1) is 0 Å². The van der Waals surface area contributed by atoms with Crippen LogP contribution in [0.5, 0.6) is 5.75 Å². The molecule has 8 nitrogen and oxygen atoms in total. The lowest BCUT2D eigenvalue weighted by Crippen LogP contribution is -2.50. The Morgan fingerprint density at radius 3 is 2.60 bits per heavy atom. The molecule has 1 fully saturated rings. The predicted molar refractivity (Wildman–Crippen MR) is 114 cm³/mol. The lowest BCUT2D eigenvalue weighted by molar-refractivity contribution is -0.132. The number of benzene rings is 2. The molecule has 2 heterocycles. The maximum Gasteiger partial charge on any atom is 0.245 e. The molecule has 1 aliphatic rings. The molecule has 0 atom stereocenters. The standard InChI is InChI=1S/C20H22N4O4S2/c1-28-17-7-3-2-5-15(17)9-10-19(25)23-11-13-24(14-12-23)30(26,27)18-8-4-6-16-20(18)22-29-21-16/h2-8H,9-14H2,1H3. The molecule has 158 valence electrons. The van der Waals surface area contributed by atoms with Crippen molar-refractivity contribution in [2.24, 2.45) is 0 Å². The van der Waals surface area contributed by atoms with Crippen LogP contribution in [-0.2, 0) is 21.2 Å². The van der Waals surface area contributed by atoms with Crippen LogP contribution in [0.15, 0.2) is 47.4 Å². The molecule has 2 aromatic carbocycles. The number of para-hydroxylation sites is 1. The molecule has 1 amide bonds. The van der Waals surface area contributed by atoms with Crippen LogP contribution in [-0.4, -0.2) is 65.6 Å². The number of aryl methyl sites for hydroxylation is 1. The number of fused-ring (bicyclic) bond motifs is 1. The van der Waals surface area contributed by atoms with E-state index in [4.69, 9.17) is 4.74 Å². The molecule has 0 radical (unpaired) electrons. The number of hydrogen-bond acceptors (Lipinski definition) is 7. The first-order valence-electron chi connectivity index (χ1n) is 9.62. The van der Waals surface area contributed by atoms with E-state index in [2.05, 4.69) is 8.75 Å². The summed E-state index contributed by atoms with van der Waals surface area (Å²) in [7, 11) is -2.08. The Morgan fingerprint density at radius 1 is 1.07 bits per heavy atom. The van der Waals surface area contributed by atoms with Crippen LogP contribution in [0.2, 0.25) is 0 Å². The lowest BCUT2D eigenvalue weighted by Gasteiger charge is -2.34. The molecule has 0 bridgehead atoms. The summed E-state index contributed by atoms with van der Waals surface area (Å²) >= 11 is 0.995. The monoisotopic (exact) mass is 446 g/mol. The van der Waals surface area contributed by atoms with Gasteiger partial charge in [-0.15, -0.1) is 0 Å². The molecule has 30 heavy (non-hydrogen) atoms. The van der Waals surface area contributed by atoms with Crippen molar-refractivity contribution in [2.75, 3.05) is 33.3 Å². The minimum Gasteiger partial charge on any atom is -0.496 e. The van der Waals surface area contributed by atoms with Gasteiger partial charge < -0.3 is 9.64 Å². The number of methoxy groups -OCH3 is 1. The Kier molecular flexibility index (Phi) is 5.98. The van der Waals surface area contributed by atoms with Crippen LogP contribution < -0.4 is 4.74 Å². The second-order valence-corrected chi connectivity index (χ2v) is 9.42. The van der Waals surface area contributed by atoms with E-state index >= 15 is 0 Å². The SMILES string of the molecule is COc1ccccc1CCC(=O)N1CCN(S(=O)(=O)c2cccc3nsnc23)CC1. The molecule has 4 rings (SSSR count). The highest BCUT2D eigenvalue weighted by Gasteiger charge is 2.31. The third-order valence-electron chi connectivity index (χ3n) is 5.26. The van der Waals surface area contributed by atoms with Gasteiger partial charge in [-0.3, -0.25) is 4.79 Å². The van der Waals surface area contributed by atoms with Gasteiger partial charge in [-0.1, -0.05) is 24.3 Å². The van der Waals surface area contributed by atoms with Gasteiger partial charge in [0.05, 0.1) is 18.8 Å². The van der Waals surface area contributed by atoms with E-state index in [1.54, 1.807) is 30.2 Å². The quantitative estimate of drug-likeness (QED) is 0.576. The third kappa shape index (κ3) is 4.03. The summed E-state index contributed by atoms with van der Waals surface area (Å²) in [5.41, 5.74) is 1.96. The summed E-state index contributed by atoms with van der Waals surface area (Å²) in [6.07, 6.45) is 0.942. The van der Waals surface area contributed by atoms with E-state index in [-0.39, 0.29) is 23.9 Å². The fraction of sp³-hybridized carbons (Fsp3) is 0.350. The fourth-order valence-electron chi connectivity index (χ4n) is 3.62. The van der Waals surface area contributed by atoms with Gasteiger partial charge in [0.25, 0.3) is 0 Å².